The topological polar surface area (TPSA) is 23.5 Å². The highest BCUT2D eigenvalue weighted by Crippen LogP contribution is 2.40. The van der Waals surface area contributed by atoms with Gasteiger partial charge in [-0.3, -0.25) is 4.90 Å². The average molecular weight is 249 g/mol. The van der Waals surface area contributed by atoms with E-state index in [4.69, 9.17) is 0 Å². The summed E-state index contributed by atoms with van der Waals surface area (Å²) in [5.74, 6) is 1.85. The minimum Gasteiger partial charge on any atom is -0.387 e. The van der Waals surface area contributed by atoms with Crippen LogP contribution in [0.3, 0.4) is 0 Å². The molecule has 1 atom stereocenters. The van der Waals surface area contributed by atoms with Crippen LogP contribution in [0, 0.1) is 0 Å². The maximum atomic E-state index is 10.0. The fraction of sp³-hybridized carbons (Fsp3) is 0.571. The van der Waals surface area contributed by atoms with Crippen LogP contribution in [0.2, 0.25) is 0 Å². The van der Waals surface area contributed by atoms with Crippen molar-refractivity contribution < 1.29 is 5.11 Å². The molecule has 0 bridgehead atoms. The Morgan fingerprint density at radius 3 is 2.94 bits per heavy atom. The van der Waals surface area contributed by atoms with Crippen molar-refractivity contribution in [2.75, 3.05) is 25.4 Å². The fourth-order valence-corrected chi connectivity index (χ4v) is 4.07. The van der Waals surface area contributed by atoms with Crippen LogP contribution in [0.4, 0.5) is 0 Å². The summed E-state index contributed by atoms with van der Waals surface area (Å²) in [4.78, 5) is 3.83. The van der Waals surface area contributed by atoms with Gasteiger partial charge in [0.15, 0.2) is 0 Å². The molecule has 1 unspecified atom stereocenters. The number of aliphatic hydroxyl groups is 1. The molecule has 0 aromatic heterocycles. The van der Waals surface area contributed by atoms with Gasteiger partial charge in [-0.15, -0.1) is 11.8 Å². The van der Waals surface area contributed by atoms with E-state index in [1.165, 1.54) is 16.2 Å². The lowest BCUT2D eigenvalue weighted by atomic mass is 9.89. The molecule has 2 aliphatic rings. The highest BCUT2D eigenvalue weighted by molar-refractivity contribution is 7.99. The molecule has 92 valence electrons. The first-order valence-electron chi connectivity index (χ1n) is 6.37. The van der Waals surface area contributed by atoms with Gasteiger partial charge in [-0.25, -0.2) is 0 Å². The Morgan fingerprint density at radius 2 is 2.18 bits per heavy atom. The molecule has 0 spiro atoms. The van der Waals surface area contributed by atoms with E-state index in [0.717, 1.165) is 26.1 Å². The number of hydrogen-bond donors (Lipinski definition) is 1. The summed E-state index contributed by atoms with van der Waals surface area (Å²) in [6.45, 7) is 4.88. The Balaban J connectivity index is 1.62. The minimum atomic E-state index is -0.398. The molecule has 2 heterocycles. The van der Waals surface area contributed by atoms with Gasteiger partial charge in [0.1, 0.15) is 0 Å². The Kier molecular flexibility index (Phi) is 2.93. The number of rotatable bonds is 3. The lowest BCUT2D eigenvalue weighted by Crippen LogP contribution is -2.61. The van der Waals surface area contributed by atoms with Crippen LogP contribution < -0.4 is 0 Å². The van der Waals surface area contributed by atoms with Gasteiger partial charge in [-0.05, 0) is 18.1 Å². The van der Waals surface area contributed by atoms with E-state index < -0.39 is 5.60 Å². The zero-order valence-electron chi connectivity index (χ0n) is 10.2. The van der Waals surface area contributed by atoms with Crippen molar-refractivity contribution in [2.24, 2.45) is 0 Å². The third-order valence-corrected chi connectivity index (χ3v) is 5.22. The molecule has 1 aromatic rings. The third-order valence-electron chi connectivity index (χ3n) is 3.97. The summed E-state index contributed by atoms with van der Waals surface area (Å²) >= 11 is 1.97. The molecule has 2 aliphatic heterocycles. The molecule has 1 fully saturated rings. The number of nitrogens with zero attached hydrogens (tertiary/aromatic N) is 1. The van der Waals surface area contributed by atoms with E-state index in [-0.39, 0.29) is 0 Å². The van der Waals surface area contributed by atoms with E-state index in [1.54, 1.807) is 0 Å². The second kappa shape index (κ2) is 4.30. The monoisotopic (exact) mass is 249 g/mol. The second-order valence-electron chi connectivity index (χ2n) is 5.29. The first kappa shape index (κ1) is 11.6. The Bertz CT molecular complexity index is 414. The molecule has 17 heavy (non-hydrogen) atoms. The molecule has 0 aliphatic carbocycles. The summed E-state index contributed by atoms with van der Waals surface area (Å²) in [5.41, 5.74) is 1.11. The van der Waals surface area contributed by atoms with Crippen LogP contribution in [0.1, 0.15) is 24.8 Å². The van der Waals surface area contributed by atoms with Gasteiger partial charge in [0.05, 0.1) is 5.60 Å². The maximum absolute atomic E-state index is 10.0. The van der Waals surface area contributed by atoms with Crippen LogP contribution in [0.15, 0.2) is 29.2 Å². The lowest BCUT2D eigenvalue weighted by Gasteiger charge is -2.47. The van der Waals surface area contributed by atoms with Crippen LogP contribution >= 0.6 is 11.8 Å². The molecule has 1 N–H and O–H groups in total. The average Bonchev–Trinajstić information content (AvgIpc) is 2.71. The summed E-state index contributed by atoms with van der Waals surface area (Å²) < 4.78 is 0. The van der Waals surface area contributed by atoms with E-state index in [9.17, 15) is 5.11 Å². The molecule has 1 saturated heterocycles. The van der Waals surface area contributed by atoms with E-state index in [1.807, 2.05) is 11.8 Å². The molecule has 3 rings (SSSR count). The van der Waals surface area contributed by atoms with E-state index in [0.29, 0.717) is 5.92 Å². The van der Waals surface area contributed by atoms with Crippen LogP contribution in [0.5, 0.6) is 0 Å². The Labute approximate surface area is 107 Å². The van der Waals surface area contributed by atoms with Crippen LogP contribution in [-0.2, 0) is 0 Å². The molecule has 0 saturated carbocycles. The van der Waals surface area contributed by atoms with Crippen molar-refractivity contribution in [3.8, 4) is 0 Å². The number of benzene rings is 1. The van der Waals surface area contributed by atoms with E-state index >= 15 is 0 Å². The number of fused-ring (bicyclic) bond motifs is 1. The van der Waals surface area contributed by atoms with Gasteiger partial charge >= 0.3 is 0 Å². The standard InChI is InChI=1S/C14H19NOS/c1-2-14(16)9-15(10-14)7-11-8-17-13-6-4-3-5-12(11)13/h3-6,11,16H,2,7-10H2,1H3. The molecule has 3 heteroatoms. The zero-order chi connectivity index (χ0) is 11.9. The number of hydrogen-bond acceptors (Lipinski definition) is 3. The van der Waals surface area contributed by atoms with Crippen molar-refractivity contribution in [2.45, 2.75) is 29.8 Å². The molecule has 0 amide bonds. The summed E-state index contributed by atoms with van der Waals surface area (Å²) in [6, 6.07) is 8.73. The molecule has 0 radical (unpaired) electrons. The maximum Gasteiger partial charge on any atom is 0.0897 e. The SMILES string of the molecule is CCC1(O)CN(CC2CSc3ccccc32)C1. The molecule has 2 nitrogen and oxygen atoms in total. The van der Waals surface area contributed by atoms with Crippen molar-refractivity contribution in [3.63, 3.8) is 0 Å². The fourth-order valence-electron chi connectivity index (χ4n) is 2.83. The smallest absolute Gasteiger partial charge is 0.0897 e. The highest BCUT2D eigenvalue weighted by atomic mass is 32.2. The van der Waals surface area contributed by atoms with E-state index in [2.05, 4.69) is 36.1 Å². The zero-order valence-corrected chi connectivity index (χ0v) is 11.0. The van der Waals surface area contributed by atoms with Gasteiger partial charge in [0.2, 0.25) is 0 Å². The Morgan fingerprint density at radius 1 is 1.41 bits per heavy atom. The van der Waals surface area contributed by atoms with Gasteiger partial charge in [0.25, 0.3) is 0 Å². The quantitative estimate of drug-likeness (QED) is 0.889. The summed E-state index contributed by atoms with van der Waals surface area (Å²) in [5, 5.41) is 10.0. The molecular formula is C14H19NOS. The predicted molar refractivity (Wildman–Crippen MR) is 71.6 cm³/mol. The van der Waals surface area contributed by atoms with Gasteiger partial charge in [0, 0.05) is 36.2 Å². The van der Waals surface area contributed by atoms with Crippen molar-refractivity contribution in [1.82, 2.24) is 4.90 Å². The lowest BCUT2D eigenvalue weighted by molar-refractivity contribution is -0.100. The number of thioether (sulfide) groups is 1. The van der Waals surface area contributed by atoms with Crippen LogP contribution in [0.25, 0.3) is 0 Å². The summed E-state index contributed by atoms with van der Waals surface area (Å²) in [7, 11) is 0. The largest absolute Gasteiger partial charge is 0.387 e. The minimum absolute atomic E-state index is 0.398. The van der Waals surface area contributed by atoms with Crippen molar-refractivity contribution >= 4 is 11.8 Å². The first-order chi connectivity index (χ1) is 8.20. The Hall–Kier alpha value is -0.510. The van der Waals surface area contributed by atoms with Crippen molar-refractivity contribution in [3.05, 3.63) is 29.8 Å². The highest BCUT2D eigenvalue weighted by Gasteiger charge is 2.40. The number of β-amino-alcohol motifs (C(OH)–C–C–N with tert-alkyl or cyclic N) is 1. The van der Waals surface area contributed by atoms with Crippen LogP contribution in [-0.4, -0.2) is 41.0 Å². The molecule has 1 aromatic carbocycles. The van der Waals surface area contributed by atoms with Gasteiger partial charge in [-0.2, -0.15) is 0 Å². The normalized spacial score (nSPS) is 26.6. The van der Waals surface area contributed by atoms with Crippen molar-refractivity contribution in [1.29, 1.82) is 0 Å². The predicted octanol–water partition coefficient (Wildman–Crippen LogP) is 2.33. The third kappa shape index (κ3) is 2.12. The summed E-state index contributed by atoms with van der Waals surface area (Å²) in [6.07, 6.45) is 0.875. The number of likely N-dealkylation sites (tertiary alicyclic amines) is 1. The van der Waals surface area contributed by atoms with Gasteiger partial charge in [-0.1, -0.05) is 25.1 Å². The molecular weight excluding hydrogens is 230 g/mol. The second-order valence-corrected chi connectivity index (χ2v) is 6.36. The first-order valence-corrected chi connectivity index (χ1v) is 7.35. The van der Waals surface area contributed by atoms with Gasteiger partial charge < -0.3 is 5.11 Å².